The van der Waals surface area contributed by atoms with Crippen LogP contribution in [0.5, 0.6) is 0 Å². The SMILES string of the molecule is CCc1cc2c(N3CCC4(CC3)CC4C(=O)O)ncnc2s1. The quantitative estimate of drug-likeness (QED) is 0.943. The molecular weight excluding hydrogens is 298 g/mol. The second kappa shape index (κ2) is 4.91. The highest BCUT2D eigenvalue weighted by atomic mass is 32.1. The highest BCUT2D eigenvalue weighted by Gasteiger charge is 2.58. The Morgan fingerprint density at radius 1 is 1.45 bits per heavy atom. The lowest BCUT2D eigenvalue weighted by Gasteiger charge is -2.33. The first kappa shape index (κ1) is 13.9. The second-order valence-corrected chi connectivity index (χ2v) is 7.54. The van der Waals surface area contributed by atoms with Crippen molar-refractivity contribution >= 4 is 33.3 Å². The molecule has 1 spiro atoms. The summed E-state index contributed by atoms with van der Waals surface area (Å²) in [5, 5.41) is 10.3. The third-order valence-electron chi connectivity index (χ3n) is 5.25. The van der Waals surface area contributed by atoms with Crippen molar-refractivity contribution in [1.29, 1.82) is 0 Å². The maximum Gasteiger partial charge on any atom is 0.307 e. The first-order chi connectivity index (χ1) is 10.6. The fraction of sp³-hybridized carbons (Fsp3) is 0.562. The molecule has 0 aromatic carbocycles. The normalized spacial score (nSPS) is 23.1. The van der Waals surface area contributed by atoms with Crippen LogP contribution in [0.25, 0.3) is 10.2 Å². The summed E-state index contributed by atoms with van der Waals surface area (Å²) >= 11 is 1.74. The summed E-state index contributed by atoms with van der Waals surface area (Å²) in [6.07, 6.45) is 5.44. The molecule has 116 valence electrons. The molecule has 0 amide bonds. The fourth-order valence-corrected chi connectivity index (χ4v) is 4.66. The zero-order valence-corrected chi connectivity index (χ0v) is 13.4. The summed E-state index contributed by atoms with van der Waals surface area (Å²) < 4.78 is 0. The molecule has 2 fully saturated rings. The molecule has 1 aliphatic carbocycles. The topological polar surface area (TPSA) is 66.3 Å². The molecule has 0 radical (unpaired) electrons. The number of fused-ring (bicyclic) bond motifs is 1. The van der Waals surface area contributed by atoms with E-state index < -0.39 is 5.97 Å². The van der Waals surface area contributed by atoms with E-state index >= 15 is 0 Å². The number of aryl methyl sites for hydroxylation is 1. The number of hydrogen-bond acceptors (Lipinski definition) is 5. The third-order valence-corrected chi connectivity index (χ3v) is 6.44. The van der Waals surface area contributed by atoms with Crippen LogP contribution >= 0.6 is 11.3 Å². The van der Waals surface area contributed by atoms with Gasteiger partial charge in [-0.2, -0.15) is 0 Å². The van der Waals surface area contributed by atoms with E-state index in [0.717, 1.165) is 54.8 Å². The molecule has 1 aliphatic heterocycles. The van der Waals surface area contributed by atoms with E-state index in [1.54, 1.807) is 17.7 Å². The average Bonchev–Trinajstić information content (AvgIpc) is 3.06. The van der Waals surface area contributed by atoms with Gasteiger partial charge in [0.15, 0.2) is 0 Å². The number of piperidine rings is 1. The van der Waals surface area contributed by atoms with E-state index in [0.29, 0.717) is 0 Å². The Hall–Kier alpha value is -1.69. The summed E-state index contributed by atoms with van der Waals surface area (Å²) in [6.45, 7) is 3.95. The van der Waals surface area contributed by atoms with Crippen LogP contribution in [0.1, 0.15) is 31.1 Å². The summed E-state index contributed by atoms with van der Waals surface area (Å²) in [4.78, 5) is 24.7. The van der Waals surface area contributed by atoms with Gasteiger partial charge < -0.3 is 10.0 Å². The summed E-state index contributed by atoms with van der Waals surface area (Å²) in [5.41, 5.74) is 0.0672. The van der Waals surface area contributed by atoms with E-state index in [1.165, 1.54) is 4.88 Å². The van der Waals surface area contributed by atoms with E-state index in [4.69, 9.17) is 0 Å². The summed E-state index contributed by atoms with van der Waals surface area (Å²) in [5.74, 6) is 0.277. The maximum absolute atomic E-state index is 11.2. The van der Waals surface area contributed by atoms with Gasteiger partial charge in [0, 0.05) is 18.0 Å². The molecule has 1 N–H and O–H groups in total. The number of carbonyl (C=O) groups is 1. The van der Waals surface area contributed by atoms with Gasteiger partial charge in [-0.3, -0.25) is 4.79 Å². The predicted octanol–water partition coefficient (Wildman–Crippen LogP) is 2.94. The lowest BCUT2D eigenvalue weighted by atomic mass is 9.91. The zero-order chi connectivity index (χ0) is 15.3. The van der Waals surface area contributed by atoms with Crippen molar-refractivity contribution in [2.24, 2.45) is 11.3 Å². The molecule has 1 saturated carbocycles. The van der Waals surface area contributed by atoms with Crippen molar-refractivity contribution < 1.29 is 9.90 Å². The molecule has 1 atom stereocenters. The number of rotatable bonds is 3. The molecule has 0 bridgehead atoms. The number of thiophene rings is 1. The number of hydrogen-bond donors (Lipinski definition) is 1. The highest BCUT2D eigenvalue weighted by Crippen LogP contribution is 2.59. The number of carboxylic acids is 1. The van der Waals surface area contributed by atoms with Crippen molar-refractivity contribution in [2.75, 3.05) is 18.0 Å². The van der Waals surface area contributed by atoms with Gasteiger partial charge in [0.1, 0.15) is 17.0 Å². The summed E-state index contributed by atoms with van der Waals surface area (Å²) in [6, 6.07) is 2.21. The Bertz CT molecular complexity index is 734. The number of nitrogens with zero attached hydrogens (tertiary/aromatic N) is 3. The van der Waals surface area contributed by atoms with Crippen LogP contribution in [-0.2, 0) is 11.2 Å². The van der Waals surface area contributed by atoms with Gasteiger partial charge in [-0.15, -0.1) is 11.3 Å². The maximum atomic E-state index is 11.2. The molecule has 4 rings (SSSR count). The zero-order valence-electron chi connectivity index (χ0n) is 12.6. The van der Waals surface area contributed by atoms with Crippen LogP contribution < -0.4 is 4.90 Å². The van der Waals surface area contributed by atoms with Crippen molar-refractivity contribution in [2.45, 2.75) is 32.6 Å². The average molecular weight is 317 g/mol. The number of aliphatic carboxylic acids is 1. The Kier molecular flexibility index (Phi) is 3.11. The second-order valence-electron chi connectivity index (χ2n) is 6.43. The molecule has 2 aromatic rings. The molecule has 2 aliphatic rings. The number of aromatic nitrogens is 2. The minimum Gasteiger partial charge on any atom is -0.481 e. The number of carboxylic acid groups (broad SMARTS) is 1. The van der Waals surface area contributed by atoms with Crippen LogP contribution in [0.2, 0.25) is 0 Å². The van der Waals surface area contributed by atoms with Crippen molar-refractivity contribution in [3.05, 3.63) is 17.3 Å². The molecule has 3 heterocycles. The molecule has 5 nitrogen and oxygen atoms in total. The van der Waals surface area contributed by atoms with Crippen LogP contribution in [0.4, 0.5) is 5.82 Å². The largest absolute Gasteiger partial charge is 0.481 e. The number of anilines is 1. The Labute approximate surface area is 133 Å². The van der Waals surface area contributed by atoms with Crippen LogP contribution in [-0.4, -0.2) is 34.1 Å². The van der Waals surface area contributed by atoms with E-state index in [9.17, 15) is 9.90 Å². The standard InChI is InChI=1S/C16H19N3O2S/c1-2-10-7-11-13(17-9-18-14(11)22-10)19-5-3-16(4-6-19)8-12(16)15(20)21/h7,9,12H,2-6,8H2,1H3,(H,20,21). The van der Waals surface area contributed by atoms with Crippen LogP contribution in [0, 0.1) is 11.3 Å². The van der Waals surface area contributed by atoms with Gasteiger partial charge >= 0.3 is 5.97 Å². The monoisotopic (exact) mass is 317 g/mol. The van der Waals surface area contributed by atoms with E-state index in [1.807, 2.05) is 0 Å². The van der Waals surface area contributed by atoms with E-state index in [2.05, 4.69) is 27.9 Å². The van der Waals surface area contributed by atoms with Crippen molar-refractivity contribution in [1.82, 2.24) is 9.97 Å². The van der Waals surface area contributed by atoms with Crippen LogP contribution in [0.3, 0.4) is 0 Å². The van der Waals surface area contributed by atoms with Gasteiger partial charge in [0.05, 0.1) is 11.3 Å². The lowest BCUT2D eigenvalue weighted by Crippen LogP contribution is -2.36. The first-order valence-electron chi connectivity index (χ1n) is 7.84. The minimum absolute atomic E-state index is 0.0672. The summed E-state index contributed by atoms with van der Waals surface area (Å²) in [7, 11) is 0. The highest BCUT2D eigenvalue weighted by molar-refractivity contribution is 7.18. The Morgan fingerprint density at radius 3 is 2.86 bits per heavy atom. The fourth-order valence-electron chi connectivity index (χ4n) is 3.73. The molecule has 2 aromatic heterocycles. The molecule has 1 unspecified atom stereocenters. The van der Waals surface area contributed by atoms with Gasteiger partial charge in [-0.05, 0) is 37.2 Å². The Balaban J connectivity index is 1.57. The predicted molar refractivity (Wildman–Crippen MR) is 86.4 cm³/mol. The smallest absolute Gasteiger partial charge is 0.307 e. The lowest BCUT2D eigenvalue weighted by molar-refractivity contribution is -0.139. The molecule has 1 saturated heterocycles. The van der Waals surface area contributed by atoms with Gasteiger partial charge in [-0.1, -0.05) is 6.92 Å². The minimum atomic E-state index is -0.622. The van der Waals surface area contributed by atoms with Crippen molar-refractivity contribution in [3.8, 4) is 0 Å². The van der Waals surface area contributed by atoms with Gasteiger partial charge in [0.2, 0.25) is 0 Å². The van der Waals surface area contributed by atoms with Crippen molar-refractivity contribution in [3.63, 3.8) is 0 Å². The molecule has 22 heavy (non-hydrogen) atoms. The van der Waals surface area contributed by atoms with Gasteiger partial charge in [0.25, 0.3) is 0 Å². The van der Waals surface area contributed by atoms with E-state index in [-0.39, 0.29) is 11.3 Å². The third kappa shape index (κ3) is 2.08. The van der Waals surface area contributed by atoms with Crippen LogP contribution in [0.15, 0.2) is 12.4 Å². The Morgan fingerprint density at radius 2 is 2.23 bits per heavy atom. The molecular formula is C16H19N3O2S. The molecule has 6 heteroatoms. The first-order valence-corrected chi connectivity index (χ1v) is 8.66. The van der Waals surface area contributed by atoms with Gasteiger partial charge in [-0.25, -0.2) is 9.97 Å².